The summed E-state index contributed by atoms with van der Waals surface area (Å²) in [5, 5.41) is 0. The zero-order valence-electron chi connectivity index (χ0n) is 11.3. The van der Waals surface area contributed by atoms with Crippen LogP contribution in [0.3, 0.4) is 0 Å². The van der Waals surface area contributed by atoms with Gasteiger partial charge in [-0.05, 0) is 19.1 Å². The highest BCUT2D eigenvalue weighted by molar-refractivity contribution is 8.00. The summed E-state index contributed by atoms with van der Waals surface area (Å²) in [5.74, 6) is 0. The number of ether oxygens (including phenoxy) is 2. The maximum Gasteiger partial charge on any atom is 0.0589 e. The second-order valence-electron chi connectivity index (χ2n) is 4.54. The van der Waals surface area contributed by atoms with Crippen molar-refractivity contribution in [2.24, 2.45) is 5.73 Å². The topological polar surface area (TPSA) is 47.7 Å². The van der Waals surface area contributed by atoms with Crippen LogP contribution in [0.2, 0.25) is 0 Å². The van der Waals surface area contributed by atoms with Gasteiger partial charge in [-0.15, -0.1) is 0 Å². The van der Waals surface area contributed by atoms with Crippen molar-refractivity contribution in [3.8, 4) is 0 Å². The molecule has 5 heteroatoms. The Kier molecular flexibility index (Phi) is 6.80. The SMILES string of the molecule is COCCN(CCOC)C(CN)C1(SC)CC1. The van der Waals surface area contributed by atoms with E-state index in [9.17, 15) is 0 Å². The second kappa shape index (κ2) is 7.59. The second-order valence-corrected chi connectivity index (χ2v) is 5.76. The lowest BCUT2D eigenvalue weighted by Crippen LogP contribution is -2.50. The van der Waals surface area contributed by atoms with Gasteiger partial charge in [0.15, 0.2) is 0 Å². The Bertz CT molecular complexity index is 205. The highest BCUT2D eigenvalue weighted by Gasteiger charge is 2.50. The van der Waals surface area contributed by atoms with E-state index in [4.69, 9.17) is 15.2 Å². The van der Waals surface area contributed by atoms with Gasteiger partial charge in [0, 0.05) is 44.6 Å². The van der Waals surface area contributed by atoms with E-state index < -0.39 is 0 Å². The van der Waals surface area contributed by atoms with Gasteiger partial charge in [0.2, 0.25) is 0 Å². The molecule has 0 saturated heterocycles. The van der Waals surface area contributed by atoms with Gasteiger partial charge in [-0.3, -0.25) is 4.90 Å². The van der Waals surface area contributed by atoms with E-state index in [2.05, 4.69) is 11.2 Å². The Labute approximate surface area is 109 Å². The van der Waals surface area contributed by atoms with Crippen molar-refractivity contribution < 1.29 is 9.47 Å². The van der Waals surface area contributed by atoms with Crippen LogP contribution in [0.25, 0.3) is 0 Å². The third kappa shape index (κ3) is 4.10. The smallest absolute Gasteiger partial charge is 0.0589 e. The highest BCUT2D eigenvalue weighted by Crippen LogP contribution is 2.51. The summed E-state index contributed by atoms with van der Waals surface area (Å²) in [7, 11) is 3.49. The molecule has 17 heavy (non-hydrogen) atoms. The van der Waals surface area contributed by atoms with Crippen LogP contribution in [0, 0.1) is 0 Å². The van der Waals surface area contributed by atoms with E-state index in [-0.39, 0.29) is 0 Å². The number of hydrogen-bond acceptors (Lipinski definition) is 5. The zero-order valence-corrected chi connectivity index (χ0v) is 12.1. The fraction of sp³-hybridized carbons (Fsp3) is 1.00. The average Bonchev–Trinajstić information content (AvgIpc) is 3.13. The molecule has 0 amide bonds. The van der Waals surface area contributed by atoms with Crippen LogP contribution in [0.15, 0.2) is 0 Å². The summed E-state index contributed by atoms with van der Waals surface area (Å²) in [5.41, 5.74) is 5.98. The first-order valence-electron chi connectivity index (χ1n) is 6.21. The Balaban J connectivity index is 2.57. The van der Waals surface area contributed by atoms with Crippen molar-refractivity contribution in [1.82, 2.24) is 4.90 Å². The molecule has 2 N–H and O–H groups in total. The molecule has 0 aliphatic heterocycles. The van der Waals surface area contributed by atoms with E-state index in [1.807, 2.05) is 11.8 Å². The summed E-state index contributed by atoms with van der Waals surface area (Å²) in [6.45, 7) is 4.09. The molecule has 0 spiro atoms. The largest absolute Gasteiger partial charge is 0.383 e. The third-order valence-electron chi connectivity index (χ3n) is 3.59. The minimum atomic E-state index is 0.385. The molecule has 1 fully saturated rings. The maximum absolute atomic E-state index is 5.98. The normalized spacial score (nSPS) is 19.6. The molecular weight excluding hydrogens is 236 g/mol. The minimum Gasteiger partial charge on any atom is -0.383 e. The lowest BCUT2D eigenvalue weighted by atomic mass is 10.1. The standard InChI is InChI=1S/C12H26N2O2S/c1-15-8-6-14(7-9-16-2)11(10-13)12(17-3)4-5-12/h11H,4-10,13H2,1-3H3. The van der Waals surface area contributed by atoms with Crippen LogP contribution >= 0.6 is 11.8 Å². The Hall–Kier alpha value is 0.190. The molecule has 0 aromatic heterocycles. The van der Waals surface area contributed by atoms with Crippen molar-refractivity contribution in [2.75, 3.05) is 53.3 Å². The first-order valence-corrected chi connectivity index (χ1v) is 7.43. The molecule has 1 atom stereocenters. The van der Waals surface area contributed by atoms with Crippen molar-refractivity contribution in [3.63, 3.8) is 0 Å². The fourth-order valence-corrected chi connectivity index (χ4v) is 3.36. The minimum absolute atomic E-state index is 0.385. The predicted molar refractivity (Wildman–Crippen MR) is 73.6 cm³/mol. The zero-order chi connectivity index (χ0) is 12.7. The molecule has 102 valence electrons. The van der Waals surface area contributed by atoms with Crippen LogP contribution in [0.4, 0.5) is 0 Å². The van der Waals surface area contributed by atoms with Gasteiger partial charge in [-0.1, -0.05) is 0 Å². The van der Waals surface area contributed by atoms with E-state index >= 15 is 0 Å². The summed E-state index contributed by atoms with van der Waals surface area (Å²) in [6.07, 6.45) is 4.76. The van der Waals surface area contributed by atoms with Crippen molar-refractivity contribution in [2.45, 2.75) is 23.6 Å². The van der Waals surface area contributed by atoms with Gasteiger partial charge in [0.25, 0.3) is 0 Å². The van der Waals surface area contributed by atoms with Crippen molar-refractivity contribution >= 4 is 11.8 Å². The Morgan fingerprint density at radius 1 is 1.24 bits per heavy atom. The van der Waals surface area contributed by atoms with Gasteiger partial charge in [-0.2, -0.15) is 11.8 Å². The molecule has 1 saturated carbocycles. The monoisotopic (exact) mass is 262 g/mol. The van der Waals surface area contributed by atoms with Gasteiger partial charge in [-0.25, -0.2) is 0 Å². The first-order chi connectivity index (χ1) is 8.24. The van der Waals surface area contributed by atoms with Crippen LogP contribution in [-0.4, -0.2) is 69.0 Å². The Morgan fingerprint density at radius 2 is 1.76 bits per heavy atom. The molecule has 4 nitrogen and oxygen atoms in total. The quantitative estimate of drug-likeness (QED) is 0.631. The number of methoxy groups -OCH3 is 2. The number of rotatable bonds is 10. The molecular formula is C12H26N2O2S. The molecule has 0 heterocycles. The number of nitrogens with zero attached hydrogens (tertiary/aromatic N) is 1. The van der Waals surface area contributed by atoms with E-state index in [0.29, 0.717) is 17.3 Å². The molecule has 1 aliphatic carbocycles. The maximum atomic E-state index is 5.98. The molecule has 1 rings (SSSR count). The first kappa shape index (κ1) is 15.2. The van der Waals surface area contributed by atoms with Crippen molar-refractivity contribution in [3.05, 3.63) is 0 Å². The average molecular weight is 262 g/mol. The number of thioether (sulfide) groups is 1. The molecule has 1 aliphatic rings. The van der Waals surface area contributed by atoms with Crippen LogP contribution < -0.4 is 5.73 Å². The van der Waals surface area contributed by atoms with Crippen LogP contribution in [-0.2, 0) is 9.47 Å². The predicted octanol–water partition coefficient (Wildman–Crippen LogP) is 0.804. The Morgan fingerprint density at radius 3 is 2.06 bits per heavy atom. The van der Waals surface area contributed by atoms with Gasteiger partial charge in [0.05, 0.1) is 13.2 Å². The fourth-order valence-electron chi connectivity index (χ4n) is 2.33. The molecule has 0 radical (unpaired) electrons. The number of hydrogen-bond donors (Lipinski definition) is 1. The lowest BCUT2D eigenvalue weighted by Gasteiger charge is -2.36. The van der Waals surface area contributed by atoms with E-state index in [0.717, 1.165) is 26.3 Å². The number of nitrogens with two attached hydrogens (primary N) is 1. The summed E-state index contributed by atoms with van der Waals surface area (Å²) in [6, 6.07) is 0.447. The van der Waals surface area contributed by atoms with Crippen molar-refractivity contribution in [1.29, 1.82) is 0 Å². The van der Waals surface area contributed by atoms with E-state index in [1.165, 1.54) is 12.8 Å². The lowest BCUT2D eigenvalue weighted by molar-refractivity contribution is 0.0863. The van der Waals surface area contributed by atoms with Crippen LogP contribution in [0.1, 0.15) is 12.8 Å². The summed E-state index contributed by atoms with van der Waals surface area (Å²) in [4.78, 5) is 2.43. The van der Waals surface area contributed by atoms with E-state index in [1.54, 1.807) is 14.2 Å². The molecule has 0 aromatic rings. The third-order valence-corrected chi connectivity index (χ3v) is 5.08. The summed E-state index contributed by atoms with van der Waals surface area (Å²) >= 11 is 1.96. The highest BCUT2D eigenvalue weighted by atomic mass is 32.2. The molecule has 0 bridgehead atoms. The summed E-state index contributed by atoms with van der Waals surface area (Å²) < 4.78 is 10.8. The molecule has 0 aromatic carbocycles. The van der Waals surface area contributed by atoms with Gasteiger partial charge >= 0.3 is 0 Å². The van der Waals surface area contributed by atoms with Crippen LogP contribution in [0.5, 0.6) is 0 Å². The van der Waals surface area contributed by atoms with Gasteiger partial charge in [0.1, 0.15) is 0 Å². The van der Waals surface area contributed by atoms with Gasteiger partial charge < -0.3 is 15.2 Å². The molecule has 1 unspecified atom stereocenters.